The summed E-state index contributed by atoms with van der Waals surface area (Å²) in [6, 6.07) is 8.55. The molecule has 2 rings (SSSR count). The minimum absolute atomic E-state index is 0.281. The molecule has 0 atom stereocenters. The zero-order chi connectivity index (χ0) is 20.0. The van der Waals surface area contributed by atoms with E-state index in [1.165, 1.54) is 18.3 Å². The van der Waals surface area contributed by atoms with E-state index in [4.69, 9.17) is 48.9 Å². The lowest BCUT2D eigenvalue weighted by Gasteiger charge is -2.13. The monoisotopic (exact) mass is 408 g/mol. The minimum atomic E-state index is -1.09. The number of carboxylic acid groups (broad SMARTS) is 1. The maximum atomic E-state index is 10.6. The number of carbonyl (C=O) groups is 1. The fraction of sp³-hybridized carbons (Fsp3) is 0.158. The Morgan fingerprint density at radius 2 is 1.93 bits per heavy atom. The van der Waals surface area contributed by atoms with E-state index in [-0.39, 0.29) is 5.75 Å². The molecule has 0 saturated carbocycles. The van der Waals surface area contributed by atoms with Crippen molar-refractivity contribution in [3.05, 3.63) is 63.3 Å². The summed E-state index contributed by atoms with van der Waals surface area (Å²) in [5.74, 6) is -0.218. The van der Waals surface area contributed by atoms with Gasteiger partial charge in [0.05, 0.1) is 7.11 Å². The Bertz CT molecular complexity index is 874. The van der Waals surface area contributed by atoms with Gasteiger partial charge < -0.3 is 25.7 Å². The van der Waals surface area contributed by atoms with E-state index in [0.717, 1.165) is 11.8 Å². The van der Waals surface area contributed by atoms with Crippen LogP contribution in [0.5, 0.6) is 11.5 Å². The fourth-order valence-electron chi connectivity index (χ4n) is 2.49. The lowest BCUT2D eigenvalue weighted by molar-refractivity contribution is -0.139. The molecule has 0 heterocycles. The summed E-state index contributed by atoms with van der Waals surface area (Å²) in [4.78, 5) is 10.6. The lowest BCUT2D eigenvalue weighted by atomic mass is 9.98. The normalized spacial score (nSPS) is 11.1. The molecule has 0 spiro atoms. The summed E-state index contributed by atoms with van der Waals surface area (Å²) in [6.45, 7) is -0.480. The first kappa shape index (κ1) is 20.6. The Kier molecular flexibility index (Phi) is 7.10. The van der Waals surface area contributed by atoms with Crippen LogP contribution in [0.1, 0.15) is 16.7 Å². The maximum Gasteiger partial charge on any atom is 0.341 e. The van der Waals surface area contributed by atoms with Crippen molar-refractivity contribution in [3.8, 4) is 11.5 Å². The fourth-order valence-corrected chi connectivity index (χ4v) is 3.09. The highest BCUT2D eigenvalue weighted by Gasteiger charge is 2.13. The van der Waals surface area contributed by atoms with Crippen molar-refractivity contribution in [2.45, 2.75) is 6.42 Å². The molecule has 0 aliphatic carbocycles. The lowest BCUT2D eigenvalue weighted by Crippen LogP contribution is -2.09. The average molecular weight is 409 g/mol. The van der Waals surface area contributed by atoms with Crippen LogP contribution in [0.15, 0.2) is 36.5 Å². The predicted octanol–water partition coefficient (Wildman–Crippen LogP) is 4.01. The van der Waals surface area contributed by atoms with Crippen molar-refractivity contribution in [1.29, 1.82) is 5.41 Å². The molecule has 0 bridgehead atoms. The van der Waals surface area contributed by atoms with Crippen LogP contribution < -0.4 is 15.2 Å². The molecular formula is C19H18Cl2N2O4. The molecule has 4 N–H and O–H groups in total. The van der Waals surface area contributed by atoms with Gasteiger partial charge in [-0.3, -0.25) is 0 Å². The van der Waals surface area contributed by atoms with Crippen molar-refractivity contribution >= 4 is 41.0 Å². The van der Waals surface area contributed by atoms with Crippen molar-refractivity contribution in [2.75, 3.05) is 13.7 Å². The second-order valence-corrected chi connectivity index (χ2v) is 6.34. The Labute approximate surface area is 166 Å². The van der Waals surface area contributed by atoms with Gasteiger partial charge in [-0.05, 0) is 35.4 Å². The molecule has 8 heteroatoms. The van der Waals surface area contributed by atoms with Crippen LogP contribution in [0.3, 0.4) is 0 Å². The topological polar surface area (TPSA) is 106 Å². The highest BCUT2D eigenvalue weighted by molar-refractivity contribution is 6.36. The third-order valence-corrected chi connectivity index (χ3v) is 4.44. The van der Waals surface area contributed by atoms with Crippen LogP contribution in [-0.2, 0) is 11.2 Å². The molecule has 0 radical (unpaired) electrons. The van der Waals surface area contributed by atoms with Gasteiger partial charge in [-0.2, -0.15) is 0 Å². The highest BCUT2D eigenvalue weighted by atomic mass is 35.5. The van der Waals surface area contributed by atoms with Crippen molar-refractivity contribution < 1.29 is 19.4 Å². The highest BCUT2D eigenvalue weighted by Crippen LogP contribution is 2.33. The van der Waals surface area contributed by atoms with E-state index in [9.17, 15) is 4.79 Å². The van der Waals surface area contributed by atoms with Gasteiger partial charge in [-0.1, -0.05) is 29.3 Å². The van der Waals surface area contributed by atoms with Crippen LogP contribution >= 0.6 is 23.2 Å². The van der Waals surface area contributed by atoms with Crippen molar-refractivity contribution in [1.82, 2.24) is 0 Å². The third kappa shape index (κ3) is 5.15. The number of aliphatic carboxylic acids is 1. The first-order valence-electron chi connectivity index (χ1n) is 7.81. The number of nitrogens with two attached hydrogens (primary N) is 1. The van der Waals surface area contributed by atoms with Crippen LogP contribution in [0.25, 0.3) is 5.57 Å². The van der Waals surface area contributed by atoms with Crippen LogP contribution in [0.4, 0.5) is 0 Å². The molecule has 27 heavy (non-hydrogen) atoms. The van der Waals surface area contributed by atoms with Gasteiger partial charge in [-0.25, -0.2) is 4.79 Å². The summed E-state index contributed by atoms with van der Waals surface area (Å²) in [7, 11) is 1.54. The second-order valence-electron chi connectivity index (χ2n) is 5.53. The molecule has 142 valence electrons. The number of ether oxygens (including phenoxy) is 2. The molecule has 0 fully saturated rings. The minimum Gasteiger partial charge on any atom is -0.496 e. The number of hydrogen-bond acceptors (Lipinski definition) is 5. The number of halogens is 2. The molecule has 0 unspecified atom stereocenters. The van der Waals surface area contributed by atoms with Crippen LogP contribution in [0.2, 0.25) is 10.0 Å². The molecule has 2 aromatic rings. The number of rotatable bonds is 8. The van der Waals surface area contributed by atoms with Gasteiger partial charge in [0.2, 0.25) is 0 Å². The third-order valence-electron chi connectivity index (χ3n) is 3.77. The summed E-state index contributed by atoms with van der Waals surface area (Å²) >= 11 is 12.6. The van der Waals surface area contributed by atoms with Gasteiger partial charge in [-0.15, -0.1) is 0 Å². The maximum absolute atomic E-state index is 10.6. The Morgan fingerprint density at radius 1 is 1.26 bits per heavy atom. The summed E-state index contributed by atoms with van der Waals surface area (Å²) in [5, 5.41) is 16.9. The van der Waals surface area contributed by atoms with Gasteiger partial charge in [0.1, 0.15) is 11.5 Å². The molecule has 6 nitrogen and oxygen atoms in total. The van der Waals surface area contributed by atoms with E-state index in [1.807, 2.05) is 12.1 Å². The van der Waals surface area contributed by atoms with E-state index < -0.39 is 12.6 Å². The Balaban J connectivity index is 2.35. The zero-order valence-corrected chi connectivity index (χ0v) is 16.0. The molecule has 0 aromatic heterocycles. The van der Waals surface area contributed by atoms with Crippen LogP contribution in [0, 0.1) is 5.41 Å². The smallest absolute Gasteiger partial charge is 0.341 e. The van der Waals surface area contributed by atoms with Gasteiger partial charge in [0, 0.05) is 40.0 Å². The standard InChI is InChI=1S/C19H18Cl2N2O4/c1-26-18-3-2-11(4-14(18)12(8-22)9-23)5-15-16(20)6-13(7-17(15)21)27-10-19(24)25/h2-4,6-9,22H,5,10,23H2,1H3,(H,24,25)/b12-9+,22-8?. The SMILES string of the molecule is COc1ccc(Cc2c(Cl)cc(OCC(=O)O)cc2Cl)cc1/C(C=N)=C/N. The number of carboxylic acids is 1. The first-order valence-corrected chi connectivity index (χ1v) is 8.57. The number of hydrogen-bond donors (Lipinski definition) is 3. The van der Waals surface area contributed by atoms with E-state index in [0.29, 0.717) is 38.9 Å². The zero-order valence-electron chi connectivity index (χ0n) is 14.5. The number of methoxy groups -OCH3 is 1. The molecule has 0 saturated heterocycles. The molecule has 0 amide bonds. The number of nitrogens with one attached hydrogen (secondary N) is 1. The summed E-state index contributed by atoms with van der Waals surface area (Å²) in [6.07, 6.45) is 2.91. The van der Waals surface area contributed by atoms with Crippen molar-refractivity contribution in [3.63, 3.8) is 0 Å². The largest absolute Gasteiger partial charge is 0.496 e. The molecule has 0 aliphatic heterocycles. The second kappa shape index (κ2) is 9.30. The van der Waals surface area contributed by atoms with Gasteiger partial charge >= 0.3 is 5.97 Å². The molecule has 2 aromatic carbocycles. The Hall–Kier alpha value is -2.70. The molecule has 0 aliphatic rings. The van der Waals surface area contributed by atoms with E-state index in [1.54, 1.807) is 13.2 Å². The Morgan fingerprint density at radius 3 is 2.44 bits per heavy atom. The molecular weight excluding hydrogens is 391 g/mol. The quantitative estimate of drug-likeness (QED) is 0.572. The first-order chi connectivity index (χ1) is 12.9. The summed E-state index contributed by atoms with van der Waals surface area (Å²) in [5.41, 5.74) is 8.34. The predicted molar refractivity (Wildman–Crippen MR) is 106 cm³/mol. The number of benzene rings is 2. The van der Waals surface area contributed by atoms with Gasteiger partial charge in [0.25, 0.3) is 0 Å². The van der Waals surface area contributed by atoms with Crippen LogP contribution in [-0.4, -0.2) is 31.0 Å². The summed E-state index contributed by atoms with van der Waals surface area (Å²) < 4.78 is 10.4. The number of allylic oxidation sites excluding steroid dienone is 1. The van der Waals surface area contributed by atoms with Gasteiger partial charge in [0.15, 0.2) is 6.61 Å². The average Bonchev–Trinajstić information content (AvgIpc) is 2.64. The van der Waals surface area contributed by atoms with E-state index in [2.05, 4.69) is 0 Å². The van der Waals surface area contributed by atoms with Crippen molar-refractivity contribution in [2.24, 2.45) is 5.73 Å². The van der Waals surface area contributed by atoms with E-state index >= 15 is 0 Å².